The standard InChI is InChI=1S/C14H7FN2S/c15-12-3-5-13(6-4-12)18-14-7-10(8-16)1-2-11(14)9-17/h1-7H. The zero-order valence-electron chi connectivity index (χ0n) is 9.22. The van der Waals surface area contributed by atoms with E-state index in [1.165, 1.54) is 23.9 Å². The summed E-state index contributed by atoms with van der Waals surface area (Å²) in [6.07, 6.45) is 0. The van der Waals surface area contributed by atoms with E-state index >= 15 is 0 Å². The molecule has 86 valence electrons. The van der Waals surface area contributed by atoms with Gasteiger partial charge < -0.3 is 0 Å². The van der Waals surface area contributed by atoms with Crippen molar-refractivity contribution in [2.75, 3.05) is 0 Å². The van der Waals surface area contributed by atoms with E-state index in [-0.39, 0.29) is 5.82 Å². The van der Waals surface area contributed by atoms with Gasteiger partial charge in [0.2, 0.25) is 0 Å². The summed E-state index contributed by atoms with van der Waals surface area (Å²) >= 11 is 1.34. The summed E-state index contributed by atoms with van der Waals surface area (Å²) in [6.45, 7) is 0. The van der Waals surface area contributed by atoms with Gasteiger partial charge in [-0.3, -0.25) is 0 Å². The molecule has 0 atom stereocenters. The molecule has 2 nitrogen and oxygen atoms in total. The molecule has 0 amide bonds. The fraction of sp³-hybridized carbons (Fsp3) is 0. The molecule has 2 aromatic rings. The Hall–Kier alpha value is -2.30. The van der Waals surface area contributed by atoms with Crippen LogP contribution in [0.2, 0.25) is 0 Å². The topological polar surface area (TPSA) is 47.6 Å². The molecule has 2 aromatic carbocycles. The van der Waals surface area contributed by atoms with Gasteiger partial charge in [0.25, 0.3) is 0 Å². The number of nitrogens with zero attached hydrogens (tertiary/aromatic N) is 2. The van der Waals surface area contributed by atoms with E-state index in [2.05, 4.69) is 6.07 Å². The Labute approximate surface area is 108 Å². The molecule has 18 heavy (non-hydrogen) atoms. The minimum absolute atomic E-state index is 0.300. The van der Waals surface area contributed by atoms with Crippen LogP contribution in [0.15, 0.2) is 52.3 Å². The monoisotopic (exact) mass is 254 g/mol. The Balaban J connectivity index is 2.36. The van der Waals surface area contributed by atoms with Crippen molar-refractivity contribution < 1.29 is 4.39 Å². The lowest BCUT2D eigenvalue weighted by Crippen LogP contribution is -1.84. The number of halogens is 1. The Morgan fingerprint density at radius 2 is 1.67 bits per heavy atom. The van der Waals surface area contributed by atoms with Crippen LogP contribution in [0.1, 0.15) is 11.1 Å². The van der Waals surface area contributed by atoms with Crippen LogP contribution in [0, 0.1) is 28.5 Å². The predicted molar refractivity (Wildman–Crippen MR) is 66.4 cm³/mol. The lowest BCUT2D eigenvalue weighted by molar-refractivity contribution is 0.626. The molecule has 0 aliphatic heterocycles. The highest BCUT2D eigenvalue weighted by molar-refractivity contribution is 7.99. The lowest BCUT2D eigenvalue weighted by atomic mass is 10.2. The summed E-state index contributed by atoms with van der Waals surface area (Å²) in [6, 6.07) is 15.0. The van der Waals surface area contributed by atoms with E-state index in [1.807, 2.05) is 6.07 Å². The molecule has 0 radical (unpaired) electrons. The molecule has 0 unspecified atom stereocenters. The molecule has 0 spiro atoms. The third kappa shape index (κ3) is 2.68. The van der Waals surface area contributed by atoms with Crippen LogP contribution in [-0.4, -0.2) is 0 Å². The molecule has 0 heterocycles. The first-order chi connectivity index (χ1) is 8.72. The quantitative estimate of drug-likeness (QED) is 0.820. The molecule has 0 saturated carbocycles. The zero-order chi connectivity index (χ0) is 13.0. The number of hydrogen-bond donors (Lipinski definition) is 0. The van der Waals surface area contributed by atoms with E-state index in [9.17, 15) is 4.39 Å². The van der Waals surface area contributed by atoms with Crippen LogP contribution in [0.5, 0.6) is 0 Å². The van der Waals surface area contributed by atoms with Crippen molar-refractivity contribution in [3.8, 4) is 12.1 Å². The van der Waals surface area contributed by atoms with E-state index < -0.39 is 0 Å². The third-order valence-electron chi connectivity index (χ3n) is 2.27. The van der Waals surface area contributed by atoms with Gasteiger partial charge in [-0.1, -0.05) is 11.8 Å². The average Bonchev–Trinajstić information content (AvgIpc) is 2.41. The average molecular weight is 254 g/mol. The molecule has 0 aromatic heterocycles. The Morgan fingerprint density at radius 3 is 2.28 bits per heavy atom. The van der Waals surface area contributed by atoms with E-state index in [4.69, 9.17) is 10.5 Å². The van der Waals surface area contributed by atoms with Crippen molar-refractivity contribution in [2.24, 2.45) is 0 Å². The van der Waals surface area contributed by atoms with Gasteiger partial charge in [-0.25, -0.2) is 4.39 Å². The number of hydrogen-bond acceptors (Lipinski definition) is 3. The molecule has 0 aliphatic rings. The summed E-state index contributed by atoms with van der Waals surface area (Å²) in [5.41, 5.74) is 1.00. The SMILES string of the molecule is N#Cc1ccc(C#N)c(Sc2ccc(F)cc2)c1. The lowest BCUT2D eigenvalue weighted by Gasteiger charge is -2.04. The van der Waals surface area contributed by atoms with Crippen molar-refractivity contribution >= 4 is 11.8 Å². The first-order valence-electron chi connectivity index (χ1n) is 5.10. The first-order valence-corrected chi connectivity index (χ1v) is 5.92. The highest BCUT2D eigenvalue weighted by atomic mass is 32.2. The molecular formula is C14H7FN2S. The van der Waals surface area contributed by atoms with Crippen LogP contribution in [0.3, 0.4) is 0 Å². The van der Waals surface area contributed by atoms with Crippen LogP contribution in [0.4, 0.5) is 4.39 Å². The first kappa shape index (κ1) is 12.2. The largest absolute Gasteiger partial charge is 0.207 e. The van der Waals surface area contributed by atoms with Crippen molar-refractivity contribution in [1.82, 2.24) is 0 Å². The van der Waals surface area contributed by atoms with E-state index in [0.717, 1.165) is 4.90 Å². The number of rotatable bonds is 2. The summed E-state index contributed by atoms with van der Waals surface area (Å²) in [7, 11) is 0. The second kappa shape index (κ2) is 5.35. The van der Waals surface area contributed by atoms with Gasteiger partial charge in [-0.2, -0.15) is 10.5 Å². The van der Waals surface area contributed by atoms with Crippen molar-refractivity contribution in [1.29, 1.82) is 10.5 Å². The van der Waals surface area contributed by atoms with Gasteiger partial charge in [0.05, 0.1) is 17.2 Å². The van der Waals surface area contributed by atoms with E-state index in [1.54, 1.807) is 30.3 Å². The number of nitriles is 2. The van der Waals surface area contributed by atoms with Gasteiger partial charge in [-0.05, 0) is 42.5 Å². The van der Waals surface area contributed by atoms with Crippen molar-refractivity contribution in [3.05, 3.63) is 59.4 Å². The summed E-state index contributed by atoms with van der Waals surface area (Å²) in [4.78, 5) is 1.52. The maximum atomic E-state index is 12.8. The normalized spacial score (nSPS) is 9.50. The summed E-state index contributed by atoms with van der Waals surface area (Å²) in [5, 5.41) is 17.8. The molecule has 0 N–H and O–H groups in total. The summed E-state index contributed by atoms with van der Waals surface area (Å²) in [5.74, 6) is -0.300. The third-order valence-corrected chi connectivity index (χ3v) is 3.34. The number of benzene rings is 2. The Bertz CT molecular complexity index is 651. The van der Waals surface area contributed by atoms with Gasteiger partial charge in [0.1, 0.15) is 11.9 Å². The molecule has 4 heteroatoms. The molecule has 0 bridgehead atoms. The van der Waals surface area contributed by atoms with E-state index in [0.29, 0.717) is 16.0 Å². The zero-order valence-corrected chi connectivity index (χ0v) is 10.0. The van der Waals surface area contributed by atoms with Crippen LogP contribution in [-0.2, 0) is 0 Å². The maximum Gasteiger partial charge on any atom is 0.123 e. The minimum Gasteiger partial charge on any atom is -0.207 e. The molecule has 0 saturated heterocycles. The Morgan fingerprint density at radius 1 is 0.944 bits per heavy atom. The fourth-order valence-electron chi connectivity index (χ4n) is 1.40. The van der Waals surface area contributed by atoms with Crippen LogP contribution >= 0.6 is 11.8 Å². The minimum atomic E-state index is -0.300. The molecule has 0 fully saturated rings. The second-order valence-corrected chi connectivity index (χ2v) is 4.61. The maximum absolute atomic E-state index is 12.8. The highest BCUT2D eigenvalue weighted by Gasteiger charge is 2.06. The van der Waals surface area contributed by atoms with Crippen molar-refractivity contribution in [2.45, 2.75) is 9.79 Å². The fourth-order valence-corrected chi connectivity index (χ4v) is 2.33. The summed E-state index contributed by atoms with van der Waals surface area (Å²) < 4.78 is 12.8. The molecule has 0 aliphatic carbocycles. The van der Waals surface area contributed by atoms with Gasteiger partial charge >= 0.3 is 0 Å². The van der Waals surface area contributed by atoms with Crippen LogP contribution in [0.25, 0.3) is 0 Å². The Kier molecular flexibility index (Phi) is 3.62. The van der Waals surface area contributed by atoms with Gasteiger partial charge in [0.15, 0.2) is 0 Å². The second-order valence-electron chi connectivity index (χ2n) is 3.49. The highest BCUT2D eigenvalue weighted by Crippen LogP contribution is 2.31. The molecular weight excluding hydrogens is 247 g/mol. The van der Waals surface area contributed by atoms with Crippen molar-refractivity contribution in [3.63, 3.8) is 0 Å². The smallest absolute Gasteiger partial charge is 0.123 e. The predicted octanol–water partition coefficient (Wildman–Crippen LogP) is 3.72. The van der Waals surface area contributed by atoms with Gasteiger partial charge in [0, 0.05) is 9.79 Å². The molecule has 2 rings (SSSR count). The van der Waals surface area contributed by atoms with Gasteiger partial charge in [-0.15, -0.1) is 0 Å². The van der Waals surface area contributed by atoms with Crippen LogP contribution < -0.4 is 0 Å².